The van der Waals surface area contributed by atoms with Crippen LogP contribution in [-0.2, 0) is 0 Å². The van der Waals surface area contributed by atoms with Crippen LogP contribution in [0, 0.1) is 0 Å². The lowest BCUT2D eigenvalue weighted by atomic mass is 9.93. The van der Waals surface area contributed by atoms with Crippen molar-refractivity contribution in [3.05, 3.63) is 24.0 Å². The fourth-order valence-electron chi connectivity index (χ4n) is 4.23. The summed E-state index contributed by atoms with van der Waals surface area (Å²) in [6, 6.07) is 0.408. The highest BCUT2D eigenvalue weighted by molar-refractivity contribution is 5.91. The monoisotopic (exact) mass is 413 g/mol. The zero-order valence-electron chi connectivity index (χ0n) is 19.0. The number of anilines is 1. The molecule has 0 aromatic carbocycles. The molecule has 0 saturated heterocycles. The first kappa shape index (κ1) is 22.8. The van der Waals surface area contributed by atoms with E-state index in [9.17, 15) is 5.11 Å². The van der Waals surface area contributed by atoms with Gasteiger partial charge in [0.05, 0.1) is 6.10 Å². The number of hydrogen-bond acceptors (Lipinski definition) is 5. The predicted molar refractivity (Wildman–Crippen MR) is 126 cm³/mol. The molecule has 1 aliphatic carbocycles. The summed E-state index contributed by atoms with van der Waals surface area (Å²) in [5, 5.41) is 17.8. The van der Waals surface area contributed by atoms with Crippen LogP contribution in [0.2, 0.25) is 0 Å². The number of nitrogens with zero attached hydrogens (tertiary/aromatic N) is 3. The van der Waals surface area contributed by atoms with E-state index in [-0.39, 0.29) is 6.10 Å². The molecule has 4 rings (SSSR count). The largest absolute Gasteiger partial charge is 0.393 e. The van der Waals surface area contributed by atoms with Gasteiger partial charge in [-0.15, -0.1) is 0 Å². The Labute approximate surface area is 181 Å². The van der Waals surface area contributed by atoms with E-state index >= 15 is 0 Å². The molecular weight excluding hydrogens is 374 g/mol. The highest BCUT2D eigenvalue weighted by atomic mass is 16.3. The van der Waals surface area contributed by atoms with Gasteiger partial charge in [0.25, 0.3) is 0 Å². The second kappa shape index (κ2) is 11.5. The van der Waals surface area contributed by atoms with Crippen LogP contribution in [0.5, 0.6) is 0 Å². The molecule has 1 fully saturated rings. The number of aliphatic hydroxyl groups is 1. The summed E-state index contributed by atoms with van der Waals surface area (Å²) in [5.74, 6) is 0.719. The van der Waals surface area contributed by atoms with Crippen LogP contribution >= 0.6 is 0 Å². The minimum atomic E-state index is -0.143. The Bertz CT molecular complexity index is 820. The summed E-state index contributed by atoms with van der Waals surface area (Å²) in [6.07, 6.45) is 14.8. The van der Waals surface area contributed by atoms with Crippen molar-refractivity contribution in [1.82, 2.24) is 19.9 Å². The number of nitrogens with one attached hydrogen (secondary N) is 2. The normalized spacial score (nSPS) is 21.7. The SMILES string of the molecule is CCC.CCCCNc1ncc2c(C3=CCNCC3)cn(C3CCC(O)CC3)c2n1. The maximum absolute atomic E-state index is 9.90. The van der Waals surface area contributed by atoms with Gasteiger partial charge in [0.1, 0.15) is 5.65 Å². The van der Waals surface area contributed by atoms with Gasteiger partial charge in [-0.25, -0.2) is 4.98 Å². The lowest BCUT2D eigenvalue weighted by molar-refractivity contribution is 0.111. The van der Waals surface area contributed by atoms with Crippen molar-refractivity contribution in [2.75, 3.05) is 25.0 Å². The Morgan fingerprint density at radius 2 is 1.97 bits per heavy atom. The van der Waals surface area contributed by atoms with E-state index in [4.69, 9.17) is 4.98 Å². The van der Waals surface area contributed by atoms with Crippen molar-refractivity contribution >= 4 is 22.6 Å². The quantitative estimate of drug-likeness (QED) is 0.587. The minimum Gasteiger partial charge on any atom is -0.393 e. The minimum absolute atomic E-state index is 0.143. The van der Waals surface area contributed by atoms with Gasteiger partial charge in [0.2, 0.25) is 5.95 Å². The summed E-state index contributed by atoms with van der Waals surface area (Å²) in [7, 11) is 0. The highest BCUT2D eigenvalue weighted by Gasteiger charge is 2.24. The molecule has 2 aromatic heterocycles. The van der Waals surface area contributed by atoms with Gasteiger partial charge in [-0.2, -0.15) is 4.98 Å². The van der Waals surface area contributed by atoms with E-state index in [0.29, 0.717) is 6.04 Å². The van der Waals surface area contributed by atoms with Gasteiger partial charge in [-0.05, 0) is 50.6 Å². The van der Waals surface area contributed by atoms with E-state index in [1.54, 1.807) is 0 Å². The van der Waals surface area contributed by atoms with Crippen LogP contribution in [0.4, 0.5) is 5.95 Å². The molecule has 1 saturated carbocycles. The molecule has 3 N–H and O–H groups in total. The Morgan fingerprint density at radius 1 is 1.20 bits per heavy atom. The Hall–Kier alpha value is -1.92. The fourth-order valence-corrected chi connectivity index (χ4v) is 4.23. The number of aliphatic hydroxyl groups excluding tert-OH is 1. The van der Waals surface area contributed by atoms with Crippen LogP contribution in [0.15, 0.2) is 18.5 Å². The van der Waals surface area contributed by atoms with E-state index in [1.165, 1.54) is 17.6 Å². The molecule has 1 aliphatic heterocycles. The maximum atomic E-state index is 9.90. The van der Waals surface area contributed by atoms with Crippen molar-refractivity contribution in [2.24, 2.45) is 0 Å². The first-order chi connectivity index (χ1) is 14.7. The van der Waals surface area contributed by atoms with Crippen LogP contribution in [0.25, 0.3) is 16.6 Å². The third-order valence-corrected chi connectivity index (χ3v) is 5.85. The fraction of sp³-hybridized carbons (Fsp3) is 0.667. The van der Waals surface area contributed by atoms with Crippen LogP contribution in [0.3, 0.4) is 0 Å². The lowest BCUT2D eigenvalue weighted by Gasteiger charge is -2.27. The molecule has 6 nitrogen and oxygen atoms in total. The van der Waals surface area contributed by atoms with Crippen molar-refractivity contribution in [1.29, 1.82) is 0 Å². The van der Waals surface area contributed by atoms with Crippen molar-refractivity contribution < 1.29 is 5.11 Å². The number of rotatable bonds is 6. The van der Waals surface area contributed by atoms with Gasteiger partial charge < -0.3 is 20.3 Å². The average Bonchev–Trinajstić information content (AvgIpc) is 3.15. The maximum Gasteiger partial charge on any atom is 0.224 e. The molecule has 30 heavy (non-hydrogen) atoms. The van der Waals surface area contributed by atoms with Crippen molar-refractivity contribution in [3.8, 4) is 0 Å². The van der Waals surface area contributed by atoms with Gasteiger partial charge in [0.15, 0.2) is 0 Å². The zero-order chi connectivity index (χ0) is 21.3. The van der Waals surface area contributed by atoms with Gasteiger partial charge >= 0.3 is 0 Å². The van der Waals surface area contributed by atoms with Crippen LogP contribution < -0.4 is 10.6 Å². The van der Waals surface area contributed by atoms with E-state index in [0.717, 1.165) is 81.6 Å². The highest BCUT2D eigenvalue weighted by Crippen LogP contribution is 2.36. The molecule has 0 atom stereocenters. The molecule has 2 aromatic rings. The first-order valence-corrected chi connectivity index (χ1v) is 11.9. The topological polar surface area (TPSA) is 75.0 Å². The number of aromatic nitrogens is 3. The Balaban J connectivity index is 0.000000806. The molecular formula is C24H39N5O. The first-order valence-electron chi connectivity index (χ1n) is 11.9. The Morgan fingerprint density at radius 3 is 2.63 bits per heavy atom. The third-order valence-electron chi connectivity index (χ3n) is 5.85. The number of hydrogen-bond donors (Lipinski definition) is 3. The molecule has 0 radical (unpaired) electrons. The molecule has 3 heterocycles. The predicted octanol–water partition coefficient (Wildman–Crippen LogP) is 4.91. The molecule has 166 valence electrons. The summed E-state index contributed by atoms with van der Waals surface area (Å²) in [5.41, 5.74) is 3.70. The van der Waals surface area contributed by atoms with Gasteiger partial charge in [-0.1, -0.05) is 39.7 Å². The van der Waals surface area contributed by atoms with Crippen LogP contribution in [0.1, 0.15) is 83.7 Å². The van der Waals surface area contributed by atoms with Gasteiger partial charge in [-0.3, -0.25) is 0 Å². The average molecular weight is 414 g/mol. The standard InChI is InChI=1S/C21H31N5O.C3H8/c1-2-3-10-23-21-24-13-18-19(15-8-11-22-12-9-15)14-26(20(18)25-21)16-4-6-17(27)7-5-16;1-3-2/h8,13-14,16-17,22,27H,2-7,9-12H2,1H3,(H,23,24,25);3H2,1-2H3. The Kier molecular flexibility index (Phi) is 8.70. The molecule has 6 heteroatoms. The van der Waals surface area contributed by atoms with Crippen molar-refractivity contribution in [2.45, 2.75) is 84.3 Å². The summed E-state index contributed by atoms with van der Waals surface area (Å²) in [6.45, 7) is 9.29. The summed E-state index contributed by atoms with van der Waals surface area (Å²) in [4.78, 5) is 9.48. The van der Waals surface area contributed by atoms with Crippen molar-refractivity contribution in [3.63, 3.8) is 0 Å². The summed E-state index contributed by atoms with van der Waals surface area (Å²) < 4.78 is 2.35. The number of fused-ring (bicyclic) bond motifs is 1. The van der Waals surface area contributed by atoms with Gasteiger partial charge in [0, 0.05) is 42.5 Å². The smallest absolute Gasteiger partial charge is 0.224 e. The molecule has 0 spiro atoms. The van der Waals surface area contributed by atoms with E-state index < -0.39 is 0 Å². The molecule has 0 amide bonds. The molecule has 0 bridgehead atoms. The molecule has 0 unspecified atom stereocenters. The number of unbranched alkanes of at least 4 members (excludes halogenated alkanes) is 1. The second-order valence-electron chi connectivity index (χ2n) is 8.51. The van der Waals surface area contributed by atoms with Crippen LogP contribution in [-0.4, -0.2) is 45.4 Å². The third kappa shape index (κ3) is 5.61. The lowest BCUT2D eigenvalue weighted by Crippen LogP contribution is -2.21. The van der Waals surface area contributed by atoms with E-state index in [1.807, 2.05) is 6.20 Å². The van der Waals surface area contributed by atoms with E-state index in [2.05, 4.69) is 53.2 Å². The summed E-state index contributed by atoms with van der Waals surface area (Å²) >= 11 is 0. The molecule has 2 aliphatic rings. The second-order valence-corrected chi connectivity index (χ2v) is 8.51. The zero-order valence-corrected chi connectivity index (χ0v) is 19.0.